The number of hydrogen-bond acceptors (Lipinski definition) is 3. The average Bonchev–Trinajstić information content (AvgIpc) is 2.72. The van der Waals surface area contributed by atoms with Crippen LogP contribution in [-0.4, -0.2) is 47.0 Å². The first kappa shape index (κ1) is 15.8. The monoisotopic (exact) mass is 294 g/mol. The smallest absolute Gasteiger partial charge is 0.318 e. The lowest BCUT2D eigenvalue weighted by Gasteiger charge is -2.36. The first-order valence-corrected chi connectivity index (χ1v) is 7.68. The molecule has 0 radical (unpaired) electrons. The van der Waals surface area contributed by atoms with Gasteiger partial charge in [-0.1, -0.05) is 13.3 Å². The number of ether oxygens (including phenoxy) is 1. The van der Waals surface area contributed by atoms with Crippen LogP contribution in [0.5, 0.6) is 0 Å². The van der Waals surface area contributed by atoms with Gasteiger partial charge in [0.25, 0.3) is 0 Å². The summed E-state index contributed by atoms with van der Waals surface area (Å²) >= 11 is 0. The predicted octanol–water partition coefficient (Wildman–Crippen LogP) is 1.92. The van der Waals surface area contributed by atoms with Gasteiger partial charge in [0.05, 0.1) is 24.9 Å². The maximum absolute atomic E-state index is 12.4. The Hall–Kier alpha value is -1.56. The van der Waals surface area contributed by atoms with Gasteiger partial charge >= 0.3 is 6.03 Å². The lowest BCUT2D eigenvalue weighted by atomic mass is 10.0. The number of carbonyl (C=O) groups excluding carboxylic acids is 1. The number of nitrogens with one attached hydrogen (secondary N) is 1. The number of rotatable bonds is 4. The van der Waals surface area contributed by atoms with E-state index in [-0.39, 0.29) is 12.1 Å². The van der Waals surface area contributed by atoms with E-state index >= 15 is 0 Å². The third-order valence-electron chi connectivity index (χ3n) is 4.09. The van der Waals surface area contributed by atoms with Gasteiger partial charge in [-0.15, -0.1) is 0 Å². The molecule has 1 aromatic heterocycles. The van der Waals surface area contributed by atoms with Crippen LogP contribution in [0.25, 0.3) is 0 Å². The summed E-state index contributed by atoms with van der Waals surface area (Å²) in [6.45, 7) is 8.62. The van der Waals surface area contributed by atoms with E-state index in [1.54, 1.807) is 0 Å². The number of amides is 2. The summed E-state index contributed by atoms with van der Waals surface area (Å²) in [7, 11) is 1.93. The molecule has 1 aliphatic heterocycles. The van der Waals surface area contributed by atoms with Gasteiger partial charge in [-0.25, -0.2) is 4.79 Å². The van der Waals surface area contributed by atoms with Crippen LogP contribution < -0.4 is 5.32 Å². The fourth-order valence-electron chi connectivity index (χ4n) is 2.83. The fourth-order valence-corrected chi connectivity index (χ4v) is 2.83. The van der Waals surface area contributed by atoms with Gasteiger partial charge in [0, 0.05) is 31.4 Å². The molecule has 1 N–H and O–H groups in total. The minimum absolute atomic E-state index is 0.000553. The Labute approximate surface area is 126 Å². The molecule has 0 saturated carbocycles. The van der Waals surface area contributed by atoms with E-state index in [2.05, 4.69) is 17.3 Å². The first-order valence-electron chi connectivity index (χ1n) is 7.68. The summed E-state index contributed by atoms with van der Waals surface area (Å²) in [4.78, 5) is 14.3. The zero-order valence-electron chi connectivity index (χ0n) is 13.5. The number of urea groups is 1. The molecular formula is C15H26N4O2. The molecule has 0 aromatic carbocycles. The second-order valence-corrected chi connectivity index (χ2v) is 5.58. The predicted molar refractivity (Wildman–Crippen MR) is 81.3 cm³/mol. The molecule has 118 valence electrons. The Morgan fingerprint density at radius 1 is 1.48 bits per heavy atom. The van der Waals surface area contributed by atoms with Crippen molar-refractivity contribution in [3.63, 3.8) is 0 Å². The number of nitrogens with zero attached hydrogens (tertiary/aromatic N) is 3. The first-order chi connectivity index (χ1) is 10.1. The van der Waals surface area contributed by atoms with Crippen LogP contribution in [0.2, 0.25) is 0 Å². The summed E-state index contributed by atoms with van der Waals surface area (Å²) in [6, 6.07) is -0.0477. The quantitative estimate of drug-likeness (QED) is 0.863. The van der Waals surface area contributed by atoms with Crippen molar-refractivity contribution in [2.24, 2.45) is 7.05 Å². The van der Waals surface area contributed by atoms with E-state index in [1.165, 1.54) is 0 Å². The van der Waals surface area contributed by atoms with Gasteiger partial charge in [-0.05, 0) is 20.3 Å². The van der Waals surface area contributed by atoms with E-state index in [0.717, 1.165) is 36.3 Å². The molecule has 1 aliphatic rings. The van der Waals surface area contributed by atoms with Gasteiger partial charge in [-0.2, -0.15) is 5.10 Å². The van der Waals surface area contributed by atoms with Crippen LogP contribution in [-0.2, 0) is 11.8 Å². The Morgan fingerprint density at radius 3 is 2.86 bits per heavy atom. The number of hydrogen-bond donors (Lipinski definition) is 1. The van der Waals surface area contributed by atoms with Crippen molar-refractivity contribution in [3.8, 4) is 0 Å². The van der Waals surface area contributed by atoms with Gasteiger partial charge < -0.3 is 15.0 Å². The van der Waals surface area contributed by atoms with Crippen LogP contribution in [0.1, 0.15) is 42.8 Å². The van der Waals surface area contributed by atoms with Crippen molar-refractivity contribution >= 4 is 6.03 Å². The van der Waals surface area contributed by atoms with Crippen molar-refractivity contribution in [1.29, 1.82) is 0 Å². The Balaban J connectivity index is 2.17. The third-order valence-corrected chi connectivity index (χ3v) is 4.09. The van der Waals surface area contributed by atoms with E-state index in [1.807, 2.05) is 30.5 Å². The summed E-state index contributed by atoms with van der Waals surface area (Å²) in [6.07, 6.45) is 2.08. The zero-order valence-corrected chi connectivity index (χ0v) is 13.5. The highest BCUT2D eigenvalue weighted by Gasteiger charge is 2.32. The highest BCUT2D eigenvalue weighted by molar-refractivity contribution is 5.75. The van der Waals surface area contributed by atoms with Crippen molar-refractivity contribution < 1.29 is 9.53 Å². The largest absolute Gasteiger partial charge is 0.377 e. The Morgan fingerprint density at radius 2 is 2.24 bits per heavy atom. The van der Waals surface area contributed by atoms with Crippen molar-refractivity contribution in [3.05, 3.63) is 17.0 Å². The molecule has 21 heavy (non-hydrogen) atoms. The minimum Gasteiger partial charge on any atom is -0.377 e. The Kier molecular flexibility index (Phi) is 5.22. The van der Waals surface area contributed by atoms with E-state index in [4.69, 9.17) is 4.74 Å². The molecule has 0 aliphatic carbocycles. The number of unbranched alkanes of at least 4 members (excludes halogenated alkanes) is 1. The SMILES string of the molecule is CCCCNC(=O)N1CCOCC1c1c(C)nn(C)c1C. The second kappa shape index (κ2) is 6.93. The van der Waals surface area contributed by atoms with Gasteiger partial charge in [-0.3, -0.25) is 4.68 Å². The molecule has 2 amide bonds. The van der Waals surface area contributed by atoms with Crippen LogP contribution >= 0.6 is 0 Å². The lowest BCUT2D eigenvalue weighted by molar-refractivity contribution is 0.0112. The molecule has 1 fully saturated rings. The van der Waals surface area contributed by atoms with E-state index < -0.39 is 0 Å². The summed E-state index contributed by atoms with van der Waals surface area (Å²) in [5.41, 5.74) is 3.18. The molecule has 6 heteroatoms. The van der Waals surface area contributed by atoms with Gasteiger partial charge in [0.2, 0.25) is 0 Å². The van der Waals surface area contributed by atoms with Crippen LogP contribution in [0.3, 0.4) is 0 Å². The maximum atomic E-state index is 12.4. The number of morpholine rings is 1. The maximum Gasteiger partial charge on any atom is 0.318 e. The molecule has 1 saturated heterocycles. The zero-order chi connectivity index (χ0) is 15.4. The summed E-state index contributed by atoms with van der Waals surface area (Å²) in [5.74, 6) is 0. The van der Waals surface area contributed by atoms with Gasteiger partial charge in [0.15, 0.2) is 0 Å². The molecular weight excluding hydrogens is 268 g/mol. The van der Waals surface area contributed by atoms with Crippen LogP contribution in [0, 0.1) is 13.8 Å². The van der Waals surface area contributed by atoms with Crippen LogP contribution in [0.4, 0.5) is 4.79 Å². The number of aromatic nitrogens is 2. The second-order valence-electron chi connectivity index (χ2n) is 5.58. The minimum atomic E-state index is -0.0472. The number of carbonyl (C=O) groups is 1. The molecule has 1 aromatic rings. The normalized spacial score (nSPS) is 18.9. The molecule has 1 atom stereocenters. The molecule has 1 unspecified atom stereocenters. The van der Waals surface area contributed by atoms with Crippen LogP contribution in [0.15, 0.2) is 0 Å². The fraction of sp³-hybridized carbons (Fsp3) is 0.733. The highest BCUT2D eigenvalue weighted by Crippen LogP contribution is 2.29. The Bertz CT molecular complexity index is 498. The van der Waals surface area contributed by atoms with Crippen molar-refractivity contribution in [2.45, 2.75) is 39.7 Å². The molecule has 2 rings (SSSR count). The van der Waals surface area contributed by atoms with Crippen molar-refractivity contribution in [1.82, 2.24) is 20.0 Å². The van der Waals surface area contributed by atoms with E-state index in [0.29, 0.717) is 19.8 Å². The topological polar surface area (TPSA) is 59.4 Å². The van der Waals surface area contributed by atoms with Gasteiger partial charge in [0.1, 0.15) is 0 Å². The molecule has 0 spiro atoms. The number of aryl methyl sites for hydroxylation is 2. The van der Waals surface area contributed by atoms with Crippen molar-refractivity contribution in [2.75, 3.05) is 26.3 Å². The third kappa shape index (κ3) is 3.37. The summed E-state index contributed by atoms with van der Waals surface area (Å²) in [5, 5.41) is 7.46. The molecule has 6 nitrogen and oxygen atoms in total. The molecule has 0 bridgehead atoms. The molecule has 2 heterocycles. The standard InChI is InChI=1S/C15H26N4O2/c1-5-6-7-16-15(20)19-8-9-21-10-13(19)14-11(2)17-18(4)12(14)3/h13H,5-10H2,1-4H3,(H,16,20). The van der Waals surface area contributed by atoms with E-state index in [9.17, 15) is 4.79 Å². The lowest BCUT2D eigenvalue weighted by Crippen LogP contribution is -2.48. The average molecular weight is 294 g/mol. The summed E-state index contributed by atoms with van der Waals surface area (Å²) < 4.78 is 7.47. The highest BCUT2D eigenvalue weighted by atomic mass is 16.5.